The first-order chi connectivity index (χ1) is 8.28. The van der Waals surface area contributed by atoms with E-state index in [0.29, 0.717) is 6.54 Å². The predicted molar refractivity (Wildman–Crippen MR) is 71.9 cm³/mol. The third kappa shape index (κ3) is 1.88. The minimum absolute atomic E-state index is 0.436. The zero-order valence-electron chi connectivity index (χ0n) is 8.80. The molecule has 0 aliphatic rings. The normalized spacial score (nSPS) is 11.2. The van der Waals surface area contributed by atoms with E-state index in [4.69, 9.17) is 5.73 Å². The fourth-order valence-electron chi connectivity index (χ4n) is 1.64. The predicted octanol–water partition coefficient (Wildman–Crippen LogP) is 2.68. The highest BCUT2D eigenvalue weighted by molar-refractivity contribution is 9.10. The molecule has 0 fully saturated rings. The minimum atomic E-state index is 0.436. The van der Waals surface area contributed by atoms with Gasteiger partial charge in [0, 0.05) is 16.4 Å². The van der Waals surface area contributed by atoms with Gasteiger partial charge < -0.3 is 5.73 Å². The zero-order chi connectivity index (χ0) is 11.8. The number of thiophene rings is 1. The van der Waals surface area contributed by atoms with Crippen molar-refractivity contribution >= 4 is 32.9 Å². The molecule has 0 unspecified atom stereocenters. The summed E-state index contributed by atoms with van der Waals surface area (Å²) < 4.78 is 2.87. The molecule has 0 aliphatic heterocycles. The molecule has 0 amide bonds. The van der Waals surface area contributed by atoms with E-state index < -0.39 is 0 Å². The number of aromatic nitrogens is 3. The Balaban J connectivity index is 2.18. The third-order valence-corrected chi connectivity index (χ3v) is 4.18. The maximum Gasteiger partial charge on any atom is 0.153 e. The monoisotopic (exact) mass is 308 g/mol. The number of hydrogen-bond acceptors (Lipinski definition) is 4. The van der Waals surface area contributed by atoms with Crippen LogP contribution in [0.25, 0.3) is 16.2 Å². The van der Waals surface area contributed by atoms with Crippen LogP contribution >= 0.6 is 27.3 Å². The van der Waals surface area contributed by atoms with Crippen LogP contribution in [0, 0.1) is 0 Å². The topological polar surface area (TPSA) is 56.2 Å². The first kappa shape index (κ1) is 10.9. The van der Waals surface area contributed by atoms with Crippen LogP contribution in [0.4, 0.5) is 0 Å². The fraction of sp³-hybridized carbons (Fsp3) is 0.0909. The van der Waals surface area contributed by atoms with Crippen LogP contribution in [0.2, 0.25) is 0 Å². The Labute approximate surface area is 110 Å². The maximum absolute atomic E-state index is 5.65. The van der Waals surface area contributed by atoms with Crippen LogP contribution < -0.4 is 5.73 Å². The zero-order valence-corrected chi connectivity index (χ0v) is 11.2. The van der Waals surface area contributed by atoms with Crippen molar-refractivity contribution in [3.05, 3.63) is 39.9 Å². The number of hydrogen-bond donors (Lipinski definition) is 1. The van der Waals surface area contributed by atoms with E-state index in [1.807, 2.05) is 17.5 Å². The largest absolute Gasteiger partial charge is 0.325 e. The fourth-order valence-corrected chi connectivity index (χ4v) is 3.03. The summed E-state index contributed by atoms with van der Waals surface area (Å²) >= 11 is 5.10. The van der Waals surface area contributed by atoms with E-state index in [2.05, 4.69) is 32.1 Å². The lowest BCUT2D eigenvalue weighted by Crippen LogP contribution is -2.03. The summed E-state index contributed by atoms with van der Waals surface area (Å²) in [6.45, 7) is 0.436. The lowest BCUT2D eigenvalue weighted by atomic mass is 10.3. The summed E-state index contributed by atoms with van der Waals surface area (Å²) in [5, 5.41) is 6.59. The summed E-state index contributed by atoms with van der Waals surface area (Å²) in [4.78, 5) is 5.36. The van der Waals surface area contributed by atoms with E-state index >= 15 is 0 Å². The van der Waals surface area contributed by atoms with E-state index in [0.717, 1.165) is 26.4 Å². The lowest BCUT2D eigenvalue weighted by molar-refractivity contribution is 0.850. The Hall–Kier alpha value is -1.24. The van der Waals surface area contributed by atoms with Crippen LogP contribution in [-0.4, -0.2) is 14.6 Å². The Morgan fingerprint density at radius 2 is 2.29 bits per heavy atom. The molecule has 17 heavy (non-hydrogen) atoms. The van der Waals surface area contributed by atoms with Crippen molar-refractivity contribution < 1.29 is 0 Å². The van der Waals surface area contributed by atoms with Gasteiger partial charge in [0.05, 0.1) is 16.8 Å². The summed E-state index contributed by atoms with van der Waals surface area (Å²) in [7, 11) is 0. The summed E-state index contributed by atoms with van der Waals surface area (Å²) in [5.74, 6) is 0. The molecule has 0 aliphatic carbocycles. The van der Waals surface area contributed by atoms with E-state index in [1.54, 1.807) is 22.0 Å². The van der Waals surface area contributed by atoms with Crippen LogP contribution in [0.3, 0.4) is 0 Å². The molecule has 3 rings (SSSR count). The van der Waals surface area contributed by atoms with E-state index in [9.17, 15) is 0 Å². The highest BCUT2D eigenvalue weighted by Gasteiger charge is 2.07. The lowest BCUT2D eigenvalue weighted by Gasteiger charge is -2.00. The van der Waals surface area contributed by atoms with Crippen molar-refractivity contribution in [2.45, 2.75) is 6.54 Å². The van der Waals surface area contributed by atoms with Crippen molar-refractivity contribution in [2.24, 2.45) is 5.73 Å². The first-order valence-electron chi connectivity index (χ1n) is 5.06. The SMILES string of the molecule is NCc1cnc2ccc(-c3cc(Br)cs3)nn12. The molecule has 0 radical (unpaired) electrons. The highest BCUT2D eigenvalue weighted by Crippen LogP contribution is 2.28. The molecule has 3 aromatic heterocycles. The standard InChI is InChI=1S/C11H9BrN4S/c12-7-3-10(17-6-7)9-1-2-11-14-5-8(4-13)16(11)15-9/h1-3,5-6H,4,13H2. The van der Waals surface area contributed by atoms with Crippen molar-refractivity contribution in [1.82, 2.24) is 14.6 Å². The molecule has 0 bridgehead atoms. The third-order valence-electron chi connectivity index (χ3n) is 2.46. The van der Waals surface area contributed by atoms with Gasteiger partial charge in [-0.1, -0.05) is 0 Å². The van der Waals surface area contributed by atoms with Crippen LogP contribution in [0.1, 0.15) is 5.69 Å². The van der Waals surface area contributed by atoms with Gasteiger partial charge in [-0.05, 0) is 34.1 Å². The summed E-state index contributed by atoms with van der Waals surface area (Å²) in [6, 6.07) is 5.98. The minimum Gasteiger partial charge on any atom is -0.325 e. The average molecular weight is 309 g/mol. The molecule has 6 heteroatoms. The van der Waals surface area contributed by atoms with Crippen molar-refractivity contribution in [3.63, 3.8) is 0 Å². The average Bonchev–Trinajstić information content (AvgIpc) is 2.94. The number of halogens is 1. The quantitative estimate of drug-likeness (QED) is 0.792. The Kier molecular flexibility index (Phi) is 2.70. The highest BCUT2D eigenvalue weighted by atomic mass is 79.9. The van der Waals surface area contributed by atoms with E-state index in [-0.39, 0.29) is 0 Å². The Bertz CT molecular complexity index is 673. The molecule has 4 nitrogen and oxygen atoms in total. The Morgan fingerprint density at radius 3 is 3.00 bits per heavy atom. The maximum atomic E-state index is 5.65. The van der Waals surface area contributed by atoms with Crippen molar-refractivity contribution in [2.75, 3.05) is 0 Å². The first-order valence-corrected chi connectivity index (χ1v) is 6.73. The molecule has 0 atom stereocenters. The number of fused-ring (bicyclic) bond motifs is 1. The number of rotatable bonds is 2. The van der Waals surface area contributed by atoms with E-state index in [1.165, 1.54) is 0 Å². The van der Waals surface area contributed by atoms with Gasteiger partial charge in [0.25, 0.3) is 0 Å². The Morgan fingerprint density at radius 1 is 1.41 bits per heavy atom. The van der Waals surface area contributed by atoms with Gasteiger partial charge in [-0.2, -0.15) is 5.10 Å². The molecule has 3 heterocycles. The number of nitrogens with zero attached hydrogens (tertiary/aromatic N) is 3. The van der Waals surface area contributed by atoms with Gasteiger partial charge in [0.15, 0.2) is 5.65 Å². The molecule has 0 saturated carbocycles. The van der Waals surface area contributed by atoms with Crippen LogP contribution in [-0.2, 0) is 6.54 Å². The summed E-state index contributed by atoms with van der Waals surface area (Å²) in [6.07, 6.45) is 1.76. The number of imidazole rings is 1. The smallest absolute Gasteiger partial charge is 0.153 e. The van der Waals surface area contributed by atoms with Gasteiger partial charge in [-0.3, -0.25) is 0 Å². The van der Waals surface area contributed by atoms with Crippen molar-refractivity contribution in [1.29, 1.82) is 0 Å². The summed E-state index contributed by atoms with van der Waals surface area (Å²) in [5.41, 5.74) is 8.32. The molecule has 3 aromatic rings. The molecule has 0 spiro atoms. The second kappa shape index (κ2) is 4.21. The molecule has 2 N–H and O–H groups in total. The van der Waals surface area contributed by atoms with Gasteiger partial charge in [-0.15, -0.1) is 11.3 Å². The van der Waals surface area contributed by atoms with Crippen LogP contribution in [0.5, 0.6) is 0 Å². The second-order valence-corrected chi connectivity index (χ2v) is 5.40. The second-order valence-electron chi connectivity index (χ2n) is 3.57. The number of nitrogens with two attached hydrogens (primary N) is 1. The van der Waals surface area contributed by atoms with Crippen molar-refractivity contribution in [3.8, 4) is 10.6 Å². The van der Waals surface area contributed by atoms with Crippen LogP contribution in [0.15, 0.2) is 34.2 Å². The molecule has 0 aromatic carbocycles. The molecule has 0 saturated heterocycles. The van der Waals surface area contributed by atoms with Gasteiger partial charge in [0.1, 0.15) is 5.69 Å². The molecular formula is C11H9BrN4S. The van der Waals surface area contributed by atoms with Gasteiger partial charge >= 0.3 is 0 Å². The molecular weight excluding hydrogens is 300 g/mol. The van der Waals surface area contributed by atoms with Gasteiger partial charge in [0.2, 0.25) is 0 Å². The molecule has 86 valence electrons. The van der Waals surface area contributed by atoms with Gasteiger partial charge in [-0.25, -0.2) is 9.50 Å².